The van der Waals surface area contributed by atoms with Crippen LogP contribution in [0.5, 0.6) is 5.75 Å². The van der Waals surface area contributed by atoms with Crippen LogP contribution in [0.2, 0.25) is 10.0 Å². The number of nitroso groups, excluding NO2 is 1. The second kappa shape index (κ2) is 5.91. The maximum atomic E-state index is 12.0. The molecule has 0 fully saturated rings. The summed E-state index contributed by atoms with van der Waals surface area (Å²) in [5.74, 6) is 0.393. The molecule has 0 spiro atoms. The van der Waals surface area contributed by atoms with Gasteiger partial charge in [-0.25, -0.2) is 0 Å². The molecule has 0 aliphatic heterocycles. The zero-order valence-corrected chi connectivity index (χ0v) is 11.6. The molecule has 0 radical (unpaired) electrons. The van der Waals surface area contributed by atoms with Crippen LogP contribution in [0.4, 0.5) is 11.4 Å². The van der Waals surface area contributed by atoms with Gasteiger partial charge in [0.25, 0.3) is 0 Å². The second-order valence-electron chi connectivity index (χ2n) is 3.73. The van der Waals surface area contributed by atoms with Gasteiger partial charge in [0.2, 0.25) is 0 Å². The maximum absolute atomic E-state index is 12.0. The Hall–Kier alpha value is -1.78. The number of rotatable bonds is 4. The number of methoxy groups -OCH3 is 1. The van der Waals surface area contributed by atoms with E-state index in [0.29, 0.717) is 32.0 Å². The summed E-state index contributed by atoms with van der Waals surface area (Å²) < 4.78 is 5.12. The Morgan fingerprint density at radius 1 is 1.05 bits per heavy atom. The molecule has 0 amide bonds. The van der Waals surface area contributed by atoms with Crippen molar-refractivity contribution in [1.29, 1.82) is 0 Å². The number of nitrogens with zero attached hydrogens (tertiary/aromatic N) is 1. The van der Waals surface area contributed by atoms with Crippen LogP contribution in [0.25, 0.3) is 0 Å². The number of nitrogens with one attached hydrogen (secondary N) is 1. The molecule has 0 aromatic heterocycles. The fourth-order valence-corrected chi connectivity index (χ4v) is 1.81. The van der Waals surface area contributed by atoms with Gasteiger partial charge in [-0.05, 0) is 30.3 Å². The topological polar surface area (TPSA) is 41.3 Å². The lowest BCUT2D eigenvalue weighted by Crippen LogP contribution is -2.11. The van der Waals surface area contributed by atoms with Crippen molar-refractivity contribution < 1.29 is 9.61 Å². The van der Waals surface area contributed by atoms with Crippen molar-refractivity contribution in [3.63, 3.8) is 0 Å². The summed E-state index contributed by atoms with van der Waals surface area (Å²) >= 11 is 11.6. The Kier molecular flexibility index (Phi) is 4.24. The maximum Gasteiger partial charge on any atom is 0.333 e. The van der Waals surface area contributed by atoms with Crippen LogP contribution in [0.3, 0.4) is 0 Å². The number of hydrazine groups is 1. The standard InChI is InChI=1S/C13H11Cl2N2O2/c1-19-13-8-10(15)4-7-12(13)17(18)16-11-5-2-9(14)3-6-11/h2-8H,1H3,(H,16,18)/q+1. The Morgan fingerprint density at radius 2 is 1.68 bits per heavy atom. The highest BCUT2D eigenvalue weighted by Gasteiger charge is 2.21. The molecule has 0 atom stereocenters. The van der Waals surface area contributed by atoms with Gasteiger partial charge in [0, 0.05) is 22.2 Å². The van der Waals surface area contributed by atoms with Crippen molar-refractivity contribution in [3.05, 3.63) is 57.4 Å². The number of hydrogen-bond acceptors (Lipinski definition) is 2. The van der Waals surface area contributed by atoms with E-state index in [0.717, 1.165) is 0 Å². The summed E-state index contributed by atoms with van der Waals surface area (Å²) in [6, 6.07) is 11.6. The predicted molar refractivity (Wildman–Crippen MR) is 76.4 cm³/mol. The Balaban J connectivity index is 2.22. The molecule has 1 N–H and O–H groups in total. The van der Waals surface area contributed by atoms with E-state index >= 15 is 0 Å². The third-order valence-corrected chi connectivity index (χ3v) is 2.92. The average molecular weight is 298 g/mol. The van der Waals surface area contributed by atoms with Gasteiger partial charge >= 0.3 is 5.69 Å². The third-order valence-electron chi connectivity index (χ3n) is 2.44. The van der Waals surface area contributed by atoms with E-state index in [1.807, 2.05) is 0 Å². The monoisotopic (exact) mass is 297 g/mol. The highest BCUT2D eigenvalue weighted by atomic mass is 35.5. The van der Waals surface area contributed by atoms with E-state index in [-0.39, 0.29) is 0 Å². The molecule has 98 valence electrons. The quantitative estimate of drug-likeness (QED) is 0.670. The van der Waals surface area contributed by atoms with E-state index < -0.39 is 0 Å². The Morgan fingerprint density at radius 3 is 2.32 bits per heavy atom. The molecule has 19 heavy (non-hydrogen) atoms. The van der Waals surface area contributed by atoms with Gasteiger partial charge in [-0.1, -0.05) is 23.2 Å². The first kappa shape index (κ1) is 13.6. The van der Waals surface area contributed by atoms with Crippen molar-refractivity contribution in [1.82, 2.24) is 0 Å². The fourth-order valence-electron chi connectivity index (χ4n) is 1.52. The number of halogens is 2. The molecule has 0 unspecified atom stereocenters. The highest BCUT2D eigenvalue weighted by Crippen LogP contribution is 2.30. The summed E-state index contributed by atoms with van der Waals surface area (Å²) in [6.07, 6.45) is 0. The van der Waals surface area contributed by atoms with Crippen molar-refractivity contribution in [2.45, 2.75) is 0 Å². The van der Waals surface area contributed by atoms with E-state index in [1.54, 1.807) is 42.5 Å². The van der Waals surface area contributed by atoms with Gasteiger partial charge < -0.3 is 4.74 Å². The lowest BCUT2D eigenvalue weighted by atomic mass is 10.3. The Bertz CT molecular complexity index is 600. The first-order valence-electron chi connectivity index (χ1n) is 5.43. The lowest BCUT2D eigenvalue weighted by Gasteiger charge is -2.02. The lowest BCUT2D eigenvalue weighted by molar-refractivity contribution is -0.428. The van der Waals surface area contributed by atoms with Crippen LogP contribution in [0.1, 0.15) is 0 Å². The zero-order chi connectivity index (χ0) is 13.8. The van der Waals surface area contributed by atoms with E-state index in [4.69, 9.17) is 27.9 Å². The molecule has 2 aromatic rings. The number of benzene rings is 2. The van der Waals surface area contributed by atoms with Crippen molar-refractivity contribution in [3.8, 4) is 5.75 Å². The van der Waals surface area contributed by atoms with Crippen LogP contribution in [-0.4, -0.2) is 12.0 Å². The molecular weight excluding hydrogens is 287 g/mol. The smallest absolute Gasteiger partial charge is 0.333 e. The largest absolute Gasteiger partial charge is 0.490 e. The molecule has 2 rings (SSSR count). The third kappa shape index (κ3) is 3.36. The minimum atomic E-state index is 0.335. The second-order valence-corrected chi connectivity index (χ2v) is 4.60. The summed E-state index contributed by atoms with van der Waals surface area (Å²) in [7, 11) is 1.48. The fraction of sp³-hybridized carbons (Fsp3) is 0.0769. The molecule has 6 heteroatoms. The van der Waals surface area contributed by atoms with Gasteiger partial charge in [-0.3, -0.25) is 0 Å². The molecule has 0 heterocycles. The molecule has 0 saturated carbocycles. The van der Waals surface area contributed by atoms with Gasteiger partial charge in [0.15, 0.2) is 10.6 Å². The Labute approximate surface area is 120 Å². The van der Waals surface area contributed by atoms with E-state index in [1.165, 1.54) is 7.11 Å². The van der Waals surface area contributed by atoms with Crippen LogP contribution in [-0.2, 0) is 0 Å². The molecule has 0 aliphatic rings. The summed E-state index contributed by atoms with van der Waals surface area (Å²) in [6.45, 7) is 0. The van der Waals surface area contributed by atoms with Crippen molar-refractivity contribution >= 4 is 34.6 Å². The van der Waals surface area contributed by atoms with Gasteiger partial charge in [-0.2, -0.15) is 0 Å². The number of ether oxygens (including phenoxy) is 1. The minimum Gasteiger partial charge on any atom is -0.490 e. The summed E-state index contributed by atoms with van der Waals surface area (Å²) in [5.41, 5.74) is 3.63. The minimum absolute atomic E-state index is 0.335. The molecule has 2 aromatic carbocycles. The summed E-state index contributed by atoms with van der Waals surface area (Å²) in [4.78, 5) is 12.6. The van der Waals surface area contributed by atoms with E-state index in [2.05, 4.69) is 5.43 Å². The normalized spacial score (nSPS) is 10.1. The first-order valence-corrected chi connectivity index (χ1v) is 6.19. The zero-order valence-electron chi connectivity index (χ0n) is 10.1. The van der Waals surface area contributed by atoms with Crippen molar-refractivity contribution in [2.24, 2.45) is 0 Å². The van der Waals surface area contributed by atoms with Crippen LogP contribution in [0.15, 0.2) is 42.5 Å². The molecule has 0 saturated heterocycles. The summed E-state index contributed by atoms with van der Waals surface area (Å²) in [5, 5.41) is 1.10. The van der Waals surface area contributed by atoms with Crippen molar-refractivity contribution in [2.75, 3.05) is 12.5 Å². The number of anilines is 1. The SMILES string of the molecule is COc1cc(Cl)ccc1[N+](=O)Nc1ccc(Cl)cc1. The molecule has 4 nitrogen and oxygen atoms in total. The molecule has 0 bridgehead atoms. The van der Waals surface area contributed by atoms with Gasteiger partial charge in [0.1, 0.15) is 5.69 Å². The number of hydrogen-bond donors (Lipinski definition) is 1. The predicted octanol–water partition coefficient (Wildman–Crippen LogP) is 4.44. The molecule has 0 aliphatic carbocycles. The van der Waals surface area contributed by atoms with Crippen LogP contribution in [0, 0.1) is 4.91 Å². The first-order chi connectivity index (χ1) is 9.10. The average Bonchev–Trinajstić information content (AvgIpc) is 2.41. The van der Waals surface area contributed by atoms with Crippen LogP contribution >= 0.6 is 23.2 Å². The van der Waals surface area contributed by atoms with Gasteiger partial charge in [-0.15, -0.1) is 5.43 Å². The van der Waals surface area contributed by atoms with Crippen LogP contribution < -0.4 is 10.2 Å². The molecular formula is C13H11Cl2N2O2+. The van der Waals surface area contributed by atoms with Gasteiger partial charge in [0.05, 0.1) is 12.0 Å². The van der Waals surface area contributed by atoms with E-state index in [9.17, 15) is 4.91 Å². The highest BCUT2D eigenvalue weighted by molar-refractivity contribution is 6.31.